The van der Waals surface area contributed by atoms with Crippen molar-refractivity contribution in [2.75, 3.05) is 5.32 Å². The summed E-state index contributed by atoms with van der Waals surface area (Å²) in [5.41, 5.74) is 5.27. The topological polar surface area (TPSA) is 118 Å². The fourth-order valence-corrected chi connectivity index (χ4v) is 2.15. The smallest absolute Gasteiger partial charge is 0.306 e. The molecule has 1 saturated carbocycles. The van der Waals surface area contributed by atoms with E-state index in [9.17, 15) is 9.59 Å². The van der Waals surface area contributed by atoms with Gasteiger partial charge in [-0.05, 0) is 19.3 Å². The summed E-state index contributed by atoms with van der Waals surface area (Å²) in [6.45, 7) is 0. The van der Waals surface area contributed by atoms with E-state index in [4.69, 9.17) is 10.8 Å². The van der Waals surface area contributed by atoms with E-state index in [1.54, 1.807) is 0 Å². The molecule has 1 aromatic heterocycles. The zero-order chi connectivity index (χ0) is 13.1. The van der Waals surface area contributed by atoms with E-state index in [1.807, 2.05) is 0 Å². The van der Waals surface area contributed by atoms with Crippen molar-refractivity contribution >= 4 is 17.7 Å². The van der Waals surface area contributed by atoms with Crippen LogP contribution in [0.1, 0.15) is 29.8 Å². The van der Waals surface area contributed by atoms with Gasteiger partial charge in [0, 0.05) is 18.4 Å². The Balaban J connectivity index is 2.07. The number of hydrogen-bond acceptors (Lipinski definition) is 5. The second kappa shape index (κ2) is 4.99. The predicted molar refractivity (Wildman–Crippen MR) is 62.9 cm³/mol. The van der Waals surface area contributed by atoms with Gasteiger partial charge in [0.25, 0.3) is 5.91 Å². The molecule has 1 amide bonds. The molecule has 1 fully saturated rings. The number of aliphatic carboxylic acids is 1. The van der Waals surface area contributed by atoms with Gasteiger partial charge in [-0.25, -0.2) is 9.97 Å². The lowest BCUT2D eigenvalue weighted by molar-refractivity contribution is -0.141. The molecule has 0 aromatic carbocycles. The number of carbonyl (C=O) groups is 2. The lowest BCUT2D eigenvalue weighted by Gasteiger charge is -2.14. The van der Waals surface area contributed by atoms with Gasteiger partial charge >= 0.3 is 5.97 Å². The Kier molecular flexibility index (Phi) is 3.40. The minimum absolute atomic E-state index is 0.0131. The van der Waals surface area contributed by atoms with Crippen molar-refractivity contribution in [1.82, 2.24) is 9.97 Å². The van der Waals surface area contributed by atoms with Gasteiger partial charge in [-0.3, -0.25) is 9.59 Å². The van der Waals surface area contributed by atoms with Crippen molar-refractivity contribution in [3.05, 3.63) is 18.1 Å². The number of nitrogens with one attached hydrogen (secondary N) is 1. The molecule has 0 radical (unpaired) electrons. The molecule has 1 heterocycles. The second-order valence-corrected chi connectivity index (χ2v) is 4.31. The van der Waals surface area contributed by atoms with Crippen molar-refractivity contribution in [2.45, 2.75) is 25.3 Å². The zero-order valence-electron chi connectivity index (χ0n) is 9.67. The highest BCUT2D eigenvalue weighted by molar-refractivity contribution is 5.95. The summed E-state index contributed by atoms with van der Waals surface area (Å²) in [5, 5.41) is 11.9. The van der Waals surface area contributed by atoms with Crippen LogP contribution in [0.4, 0.5) is 5.82 Å². The molecule has 0 unspecified atom stereocenters. The van der Waals surface area contributed by atoms with E-state index >= 15 is 0 Å². The van der Waals surface area contributed by atoms with Crippen LogP contribution in [0, 0.1) is 5.92 Å². The Morgan fingerprint density at radius 2 is 2.06 bits per heavy atom. The van der Waals surface area contributed by atoms with Crippen LogP contribution >= 0.6 is 0 Å². The largest absolute Gasteiger partial charge is 0.481 e. The maximum absolute atomic E-state index is 11.2. The van der Waals surface area contributed by atoms with Crippen LogP contribution in [-0.4, -0.2) is 33.0 Å². The average molecular weight is 250 g/mol. The number of anilines is 1. The Labute approximate surface area is 103 Å². The molecule has 1 aromatic rings. The Morgan fingerprint density at radius 1 is 1.33 bits per heavy atom. The summed E-state index contributed by atoms with van der Waals surface area (Å²) in [4.78, 5) is 29.9. The molecule has 0 aliphatic heterocycles. The first-order valence-corrected chi connectivity index (χ1v) is 5.68. The van der Waals surface area contributed by atoms with Crippen LogP contribution < -0.4 is 11.1 Å². The van der Waals surface area contributed by atoms with Gasteiger partial charge in [0.2, 0.25) is 0 Å². The van der Waals surface area contributed by atoms with Crippen LogP contribution in [-0.2, 0) is 4.79 Å². The molecule has 96 valence electrons. The van der Waals surface area contributed by atoms with Gasteiger partial charge in [-0.1, -0.05) is 0 Å². The minimum atomic E-state index is -0.784. The van der Waals surface area contributed by atoms with Crippen molar-refractivity contribution in [2.24, 2.45) is 11.7 Å². The monoisotopic (exact) mass is 250 g/mol. The molecule has 7 nitrogen and oxygen atoms in total. The predicted octanol–water partition coefficient (Wildman–Crippen LogP) is 0.241. The number of primary amides is 1. The highest BCUT2D eigenvalue weighted by Crippen LogP contribution is 2.28. The van der Waals surface area contributed by atoms with Crippen molar-refractivity contribution in [3.63, 3.8) is 0 Å². The van der Waals surface area contributed by atoms with E-state index < -0.39 is 11.9 Å². The third-order valence-electron chi connectivity index (χ3n) is 3.05. The van der Waals surface area contributed by atoms with E-state index in [2.05, 4.69) is 15.3 Å². The Morgan fingerprint density at radius 3 is 2.67 bits per heavy atom. The van der Waals surface area contributed by atoms with Gasteiger partial charge in [0.15, 0.2) is 11.5 Å². The minimum Gasteiger partial charge on any atom is -0.481 e. The summed E-state index contributed by atoms with van der Waals surface area (Å²) < 4.78 is 0. The fourth-order valence-electron chi connectivity index (χ4n) is 2.15. The highest BCUT2D eigenvalue weighted by atomic mass is 16.4. The van der Waals surface area contributed by atoms with E-state index in [1.165, 1.54) is 12.4 Å². The molecule has 4 N–H and O–H groups in total. The quantitative estimate of drug-likeness (QED) is 0.704. The molecule has 0 bridgehead atoms. The maximum atomic E-state index is 11.2. The van der Waals surface area contributed by atoms with E-state index in [-0.39, 0.29) is 17.7 Å². The summed E-state index contributed by atoms with van der Waals surface area (Å²) >= 11 is 0. The molecule has 1 aliphatic rings. The van der Waals surface area contributed by atoms with Gasteiger partial charge in [0.05, 0.1) is 5.92 Å². The zero-order valence-corrected chi connectivity index (χ0v) is 9.67. The molecule has 1 aliphatic carbocycles. The number of nitrogens with zero attached hydrogens (tertiary/aromatic N) is 2. The molecule has 18 heavy (non-hydrogen) atoms. The summed E-state index contributed by atoms with van der Waals surface area (Å²) in [6.07, 6.45) is 4.72. The number of aromatic nitrogens is 2. The van der Waals surface area contributed by atoms with Crippen LogP contribution in [0.3, 0.4) is 0 Å². The van der Waals surface area contributed by atoms with Gasteiger partial charge in [-0.15, -0.1) is 0 Å². The molecule has 0 spiro atoms. The first kappa shape index (κ1) is 12.3. The van der Waals surface area contributed by atoms with Gasteiger partial charge in [-0.2, -0.15) is 0 Å². The number of amides is 1. The molecular weight excluding hydrogens is 236 g/mol. The van der Waals surface area contributed by atoms with Crippen LogP contribution in [0.25, 0.3) is 0 Å². The SMILES string of the molecule is NC(=O)c1nccnc1N[C@H]1CC[C@@H](C(=O)O)C1. The number of carbonyl (C=O) groups excluding carboxylic acids is 1. The number of rotatable bonds is 4. The first-order valence-electron chi connectivity index (χ1n) is 5.68. The lowest BCUT2D eigenvalue weighted by atomic mass is 10.1. The number of nitrogens with two attached hydrogens (primary N) is 1. The third-order valence-corrected chi connectivity index (χ3v) is 3.05. The van der Waals surface area contributed by atoms with Gasteiger partial charge in [0.1, 0.15) is 0 Å². The maximum Gasteiger partial charge on any atom is 0.306 e. The average Bonchev–Trinajstić information content (AvgIpc) is 2.78. The van der Waals surface area contributed by atoms with Crippen molar-refractivity contribution < 1.29 is 14.7 Å². The number of hydrogen-bond donors (Lipinski definition) is 3. The van der Waals surface area contributed by atoms with E-state index in [0.29, 0.717) is 18.7 Å². The summed E-state index contributed by atoms with van der Waals surface area (Å²) in [7, 11) is 0. The lowest BCUT2D eigenvalue weighted by Crippen LogP contribution is -2.23. The van der Waals surface area contributed by atoms with Crippen molar-refractivity contribution in [1.29, 1.82) is 0 Å². The van der Waals surface area contributed by atoms with Gasteiger partial charge < -0.3 is 16.2 Å². The molecule has 2 atom stereocenters. The van der Waals surface area contributed by atoms with Crippen LogP contribution in [0.5, 0.6) is 0 Å². The van der Waals surface area contributed by atoms with Crippen LogP contribution in [0.2, 0.25) is 0 Å². The Bertz CT molecular complexity index is 477. The van der Waals surface area contributed by atoms with Crippen molar-refractivity contribution in [3.8, 4) is 0 Å². The first-order chi connectivity index (χ1) is 8.58. The number of carboxylic acids is 1. The normalized spacial score (nSPS) is 22.7. The standard InChI is InChI=1S/C11H14N4O3/c12-9(16)8-10(14-4-3-13-8)15-7-2-1-6(5-7)11(17)18/h3-4,6-7H,1-2,5H2,(H2,12,16)(H,14,15)(H,17,18)/t6-,7+/m1/s1. The molecule has 0 saturated heterocycles. The summed E-state index contributed by atoms with van der Waals surface area (Å²) in [6, 6.07) is -0.0131. The number of carboxylic acid groups (broad SMARTS) is 1. The molecule has 2 rings (SSSR count). The van der Waals surface area contributed by atoms with E-state index in [0.717, 1.165) is 6.42 Å². The molecule has 7 heteroatoms. The second-order valence-electron chi connectivity index (χ2n) is 4.31. The van der Waals surface area contributed by atoms with Crippen LogP contribution in [0.15, 0.2) is 12.4 Å². The highest BCUT2D eigenvalue weighted by Gasteiger charge is 2.30. The molecular formula is C11H14N4O3. The fraction of sp³-hybridized carbons (Fsp3) is 0.455. The Hall–Kier alpha value is -2.18. The summed E-state index contributed by atoms with van der Waals surface area (Å²) in [5.74, 6) is -1.45. The third kappa shape index (κ3) is 2.55.